The molecule has 7 heteroatoms. The molecule has 7 nitrogen and oxygen atoms in total. The van der Waals surface area contributed by atoms with Crippen molar-refractivity contribution in [1.82, 2.24) is 0 Å². The maximum atomic E-state index is 12.2. The van der Waals surface area contributed by atoms with Gasteiger partial charge in [-0.2, -0.15) is 0 Å². The van der Waals surface area contributed by atoms with Crippen molar-refractivity contribution in [3.63, 3.8) is 0 Å². The predicted molar refractivity (Wildman–Crippen MR) is 92.4 cm³/mol. The minimum atomic E-state index is -1.70. The van der Waals surface area contributed by atoms with Crippen LogP contribution >= 0.6 is 0 Å². The Hall–Kier alpha value is -2.67. The van der Waals surface area contributed by atoms with Crippen molar-refractivity contribution in [2.24, 2.45) is 0 Å². The van der Waals surface area contributed by atoms with Gasteiger partial charge in [0.25, 0.3) is 5.54 Å². The third-order valence-electron chi connectivity index (χ3n) is 4.23. The second-order valence-electron chi connectivity index (χ2n) is 6.21. The van der Waals surface area contributed by atoms with Gasteiger partial charge in [0.05, 0.1) is 13.0 Å². The molecule has 2 atom stereocenters. The largest absolute Gasteiger partial charge is 0.497 e. The quantitative estimate of drug-likeness (QED) is 0.469. The average molecular weight is 347 g/mol. The van der Waals surface area contributed by atoms with Crippen LogP contribution in [0.4, 0.5) is 0 Å². The zero-order chi connectivity index (χ0) is 18.6. The number of methoxy groups -OCH3 is 1. The Morgan fingerprint density at radius 3 is 2.52 bits per heavy atom. The highest BCUT2D eigenvalue weighted by atomic mass is 16.6. The molecule has 0 saturated carbocycles. The molecule has 0 aliphatic rings. The average Bonchev–Trinajstić information content (AvgIpc) is 2.63. The summed E-state index contributed by atoms with van der Waals surface area (Å²) in [6, 6.07) is 11.2. The summed E-state index contributed by atoms with van der Waals surface area (Å²) < 4.78 is 10.2. The van der Waals surface area contributed by atoms with Crippen molar-refractivity contribution in [3.8, 4) is 5.75 Å². The molecule has 1 N–H and O–H groups in total. The molecule has 0 fully saturated rings. The number of aliphatic hydroxyl groups excluding tert-OH is 1. The molecular weight excluding hydrogens is 326 g/mol. The first-order valence-corrected chi connectivity index (χ1v) is 7.80. The van der Waals surface area contributed by atoms with Crippen molar-refractivity contribution < 1.29 is 24.3 Å². The van der Waals surface area contributed by atoms with Crippen LogP contribution in [0, 0.1) is 10.1 Å². The number of hydrogen-bond acceptors (Lipinski definition) is 6. The summed E-state index contributed by atoms with van der Waals surface area (Å²) in [6.07, 6.45) is 0. The molecule has 134 valence electrons. The van der Waals surface area contributed by atoms with Gasteiger partial charge in [-0.05, 0) is 35.4 Å². The monoisotopic (exact) mass is 347 g/mol. The Bertz CT molecular complexity index is 790. The van der Waals surface area contributed by atoms with Crippen molar-refractivity contribution in [1.29, 1.82) is 0 Å². The summed E-state index contributed by atoms with van der Waals surface area (Å²) >= 11 is 0. The fraction of sp³-hybridized carbons (Fsp3) is 0.389. The lowest BCUT2D eigenvalue weighted by atomic mass is 9.97. The maximum Gasteiger partial charge on any atom is 0.313 e. The molecule has 0 aromatic heterocycles. The van der Waals surface area contributed by atoms with Crippen LogP contribution in [0.1, 0.15) is 25.3 Å². The third kappa shape index (κ3) is 4.06. The number of hydrogen-bond donors (Lipinski definition) is 1. The molecule has 2 aromatic rings. The highest BCUT2D eigenvalue weighted by molar-refractivity contribution is 5.86. The van der Waals surface area contributed by atoms with E-state index in [-0.39, 0.29) is 0 Å². The fourth-order valence-electron chi connectivity index (χ4n) is 2.28. The van der Waals surface area contributed by atoms with Crippen molar-refractivity contribution in [2.45, 2.75) is 25.3 Å². The van der Waals surface area contributed by atoms with Gasteiger partial charge in [-0.1, -0.05) is 24.3 Å². The van der Waals surface area contributed by atoms with Crippen LogP contribution < -0.4 is 4.74 Å². The van der Waals surface area contributed by atoms with E-state index in [2.05, 4.69) is 0 Å². The number of rotatable bonds is 7. The highest BCUT2D eigenvalue weighted by Gasteiger charge is 2.38. The number of benzene rings is 2. The Labute approximate surface area is 145 Å². The van der Waals surface area contributed by atoms with Gasteiger partial charge in [0.1, 0.15) is 12.4 Å². The van der Waals surface area contributed by atoms with Gasteiger partial charge in [0.2, 0.25) is 0 Å². The number of nitro groups is 1. The fourth-order valence-corrected chi connectivity index (χ4v) is 2.28. The Morgan fingerprint density at radius 2 is 1.92 bits per heavy atom. The van der Waals surface area contributed by atoms with Gasteiger partial charge >= 0.3 is 5.97 Å². The van der Waals surface area contributed by atoms with E-state index in [1.54, 1.807) is 14.0 Å². The predicted octanol–water partition coefficient (Wildman–Crippen LogP) is 2.52. The lowest BCUT2D eigenvalue weighted by Crippen LogP contribution is -2.44. The molecular formula is C18H21NO6. The molecule has 0 saturated heterocycles. The normalized spacial score (nSPS) is 14.6. The van der Waals surface area contributed by atoms with Crippen molar-refractivity contribution in [2.75, 3.05) is 20.3 Å². The molecule has 2 aromatic carbocycles. The molecule has 0 aliphatic heterocycles. The van der Waals surface area contributed by atoms with Crippen LogP contribution in [0.25, 0.3) is 10.8 Å². The Balaban J connectivity index is 2.14. The van der Waals surface area contributed by atoms with Gasteiger partial charge < -0.3 is 14.6 Å². The summed E-state index contributed by atoms with van der Waals surface area (Å²) in [7, 11) is 1.60. The summed E-state index contributed by atoms with van der Waals surface area (Å²) in [5, 5.41) is 22.0. The lowest BCUT2D eigenvalue weighted by Gasteiger charge is -2.19. The number of esters is 1. The lowest BCUT2D eigenvalue weighted by molar-refractivity contribution is -0.571. The van der Waals surface area contributed by atoms with E-state index in [0.717, 1.165) is 22.1 Å². The van der Waals surface area contributed by atoms with E-state index >= 15 is 0 Å². The highest BCUT2D eigenvalue weighted by Crippen LogP contribution is 2.26. The van der Waals surface area contributed by atoms with E-state index < -0.39 is 35.6 Å². The van der Waals surface area contributed by atoms with Crippen LogP contribution in [-0.4, -0.2) is 41.9 Å². The molecule has 0 heterocycles. The van der Waals surface area contributed by atoms with Gasteiger partial charge in [-0.25, -0.2) is 0 Å². The van der Waals surface area contributed by atoms with Crippen LogP contribution in [-0.2, 0) is 9.53 Å². The molecule has 0 bridgehead atoms. The number of carbonyl (C=O) groups is 1. The van der Waals surface area contributed by atoms with Crippen LogP contribution in [0.5, 0.6) is 5.75 Å². The van der Waals surface area contributed by atoms with Crippen molar-refractivity contribution in [3.05, 3.63) is 52.1 Å². The zero-order valence-electron chi connectivity index (χ0n) is 14.4. The summed E-state index contributed by atoms with van der Waals surface area (Å²) in [4.78, 5) is 22.5. The first kappa shape index (κ1) is 18.7. The number of fused-ring (bicyclic) bond motifs is 1. The third-order valence-corrected chi connectivity index (χ3v) is 4.23. The summed E-state index contributed by atoms with van der Waals surface area (Å²) in [5.74, 6) is -0.411. The first-order chi connectivity index (χ1) is 11.8. The molecule has 0 amide bonds. The minimum absolute atomic E-state index is 0.482. The Kier molecular flexibility index (Phi) is 5.58. The number of nitrogens with zero attached hydrogens (tertiary/aromatic N) is 1. The minimum Gasteiger partial charge on any atom is -0.497 e. The topological polar surface area (TPSA) is 98.9 Å². The van der Waals surface area contributed by atoms with E-state index in [4.69, 9.17) is 14.6 Å². The molecule has 0 radical (unpaired) electrons. The summed E-state index contributed by atoms with van der Waals surface area (Å²) in [5.41, 5.74) is -0.954. The van der Waals surface area contributed by atoms with E-state index in [1.165, 1.54) is 6.92 Å². The van der Waals surface area contributed by atoms with Gasteiger partial charge in [-0.15, -0.1) is 0 Å². The van der Waals surface area contributed by atoms with Crippen LogP contribution in [0.15, 0.2) is 36.4 Å². The second kappa shape index (κ2) is 7.48. The SMILES string of the molecule is COc1ccc2cc([C@H](C)C(=O)OCC(C)(CO)[N+](=O)[O-])ccc2c1. The number of ether oxygens (including phenoxy) is 2. The van der Waals surface area contributed by atoms with Gasteiger partial charge in [0.15, 0.2) is 6.61 Å². The van der Waals surface area contributed by atoms with Crippen molar-refractivity contribution >= 4 is 16.7 Å². The van der Waals surface area contributed by atoms with Crippen LogP contribution in [0.3, 0.4) is 0 Å². The molecule has 0 aliphatic carbocycles. The standard InChI is InChI=1S/C18H21NO6/c1-12(17(21)25-11-18(2,10-20)19(22)23)13-4-5-15-9-16(24-3)7-6-14(15)8-13/h4-9,12,20H,10-11H2,1-3H3/t12-,18?/m0/s1. The smallest absolute Gasteiger partial charge is 0.313 e. The van der Waals surface area contributed by atoms with Crippen LogP contribution in [0.2, 0.25) is 0 Å². The number of aliphatic hydroxyl groups is 1. The molecule has 2 rings (SSSR count). The number of carbonyl (C=O) groups excluding carboxylic acids is 1. The van der Waals surface area contributed by atoms with E-state index in [0.29, 0.717) is 0 Å². The first-order valence-electron chi connectivity index (χ1n) is 7.80. The molecule has 1 unspecified atom stereocenters. The molecule has 0 spiro atoms. The van der Waals surface area contributed by atoms with E-state index in [9.17, 15) is 14.9 Å². The maximum absolute atomic E-state index is 12.2. The van der Waals surface area contributed by atoms with Gasteiger partial charge in [-0.3, -0.25) is 14.9 Å². The van der Waals surface area contributed by atoms with E-state index in [1.807, 2.05) is 36.4 Å². The second-order valence-corrected chi connectivity index (χ2v) is 6.21. The molecule has 25 heavy (non-hydrogen) atoms. The van der Waals surface area contributed by atoms with Gasteiger partial charge in [0, 0.05) is 11.8 Å². The summed E-state index contributed by atoms with van der Waals surface area (Å²) in [6.45, 7) is 1.72. The Morgan fingerprint density at radius 1 is 1.28 bits per heavy atom. The zero-order valence-corrected chi connectivity index (χ0v) is 14.4.